The van der Waals surface area contributed by atoms with E-state index >= 15 is 0 Å². The lowest BCUT2D eigenvalue weighted by Gasteiger charge is -2.29. The van der Waals surface area contributed by atoms with Crippen LogP contribution in [-0.2, 0) is 6.54 Å². The minimum Gasteiger partial charge on any atom is -0.497 e. The molecule has 0 bridgehead atoms. The fourth-order valence-electron chi connectivity index (χ4n) is 3.45. The molecule has 7 heteroatoms. The fourth-order valence-corrected chi connectivity index (χ4v) is 3.45. The minimum atomic E-state index is 0. The third-order valence-corrected chi connectivity index (χ3v) is 4.84. The molecule has 154 valence electrons. The van der Waals surface area contributed by atoms with Crippen LogP contribution in [0.4, 0.5) is 0 Å². The average molecular weight is 498 g/mol. The molecule has 0 saturated carbocycles. The summed E-state index contributed by atoms with van der Waals surface area (Å²) in [4.78, 5) is 7.18. The molecule has 1 aromatic heterocycles. The van der Waals surface area contributed by atoms with Gasteiger partial charge >= 0.3 is 0 Å². The molecule has 1 atom stereocenters. The maximum absolute atomic E-state index is 5.43. The Morgan fingerprint density at radius 2 is 2.04 bits per heavy atom. The summed E-state index contributed by atoms with van der Waals surface area (Å²) < 4.78 is 10.8. The number of likely N-dealkylation sites (tertiary alicyclic amines) is 1. The van der Waals surface area contributed by atoms with Gasteiger partial charge in [-0.3, -0.25) is 4.90 Å². The number of furan rings is 1. The fraction of sp³-hybridized carbons (Fsp3) is 0.476. The van der Waals surface area contributed by atoms with E-state index in [1.807, 2.05) is 18.2 Å². The molecule has 2 aromatic rings. The first-order chi connectivity index (χ1) is 13.3. The van der Waals surface area contributed by atoms with Crippen molar-refractivity contribution in [2.75, 3.05) is 33.3 Å². The summed E-state index contributed by atoms with van der Waals surface area (Å²) in [5.41, 5.74) is 1.27. The molecule has 2 heterocycles. The van der Waals surface area contributed by atoms with Gasteiger partial charge < -0.3 is 19.8 Å². The third kappa shape index (κ3) is 6.41. The Morgan fingerprint density at radius 3 is 2.71 bits per heavy atom. The lowest BCUT2D eigenvalue weighted by atomic mass is 10.1. The molecule has 0 amide bonds. The number of benzene rings is 1. The van der Waals surface area contributed by atoms with Crippen LogP contribution in [0, 0.1) is 0 Å². The smallest absolute Gasteiger partial charge is 0.191 e. The van der Waals surface area contributed by atoms with Gasteiger partial charge in [0.2, 0.25) is 0 Å². The van der Waals surface area contributed by atoms with E-state index in [1.165, 1.54) is 18.4 Å². The number of nitrogens with one attached hydrogen (secondary N) is 2. The minimum absolute atomic E-state index is 0. The molecule has 2 N–H and O–H groups in total. The van der Waals surface area contributed by atoms with Crippen LogP contribution in [0.3, 0.4) is 0 Å². The summed E-state index contributed by atoms with van der Waals surface area (Å²) in [5.74, 6) is 2.56. The van der Waals surface area contributed by atoms with Gasteiger partial charge in [0.25, 0.3) is 0 Å². The molecular weight excluding hydrogens is 467 g/mol. The number of rotatable bonds is 8. The zero-order chi connectivity index (χ0) is 18.9. The molecule has 1 unspecified atom stereocenters. The summed E-state index contributed by atoms with van der Waals surface area (Å²) in [6.07, 6.45) is 4.19. The van der Waals surface area contributed by atoms with Gasteiger partial charge in [0.15, 0.2) is 5.96 Å². The predicted molar refractivity (Wildman–Crippen MR) is 123 cm³/mol. The summed E-state index contributed by atoms with van der Waals surface area (Å²) in [5, 5.41) is 6.83. The van der Waals surface area contributed by atoms with E-state index in [2.05, 4.69) is 45.6 Å². The number of nitrogens with zero attached hydrogens (tertiary/aromatic N) is 2. The highest BCUT2D eigenvalue weighted by Gasteiger charge is 2.24. The maximum atomic E-state index is 5.43. The van der Waals surface area contributed by atoms with Crippen molar-refractivity contribution >= 4 is 29.9 Å². The summed E-state index contributed by atoms with van der Waals surface area (Å²) in [6.45, 7) is 6.46. The van der Waals surface area contributed by atoms with Crippen LogP contribution < -0.4 is 15.4 Å². The second kappa shape index (κ2) is 12.0. The zero-order valence-corrected chi connectivity index (χ0v) is 19.0. The molecule has 0 radical (unpaired) electrons. The van der Waals surface area contributed by atoms with E-state index in [4.69, 9.17) is 9.15 Å². The second-order valence-electron chi connectivity index (χ2n) is 6.69. The Bertz CT molecular complexity index is 715. The van der Waals surface area contributed by atoms with Crippen LogP contribution in [0.25, 0.3) is 0 Å². The van der Waals surface area contributed by atoms with Crippen LogP contribution >= 0.6 is 24.0 Å². The van der Waals surface area contributed by atoms with Crippen LogP contribution in [0.15, 0.2) is 52.1 Å². The first-order valence-corrected chi connectivity index (χ1v) is 9.72. The molecule has 1 aromatic carbocycles. The molecule has 3 rings (SSSR count). The summed E-state index contributed by atoms with van der Waals surface area (Å²) >= 11 is 0. The van der Waals surface area contributed by atoms with E-state index in [0.29, 0.717) is 6.54 Å². The number of aliphatic imine (C=N–C) groups is 1. The van der Waals surface area contributed by atoms with E-state index in [0.717, 1.165) is 43.6 Å². The molecule has 6 nitrogen and oxygen atoms in total. The number of hydrogen-bond donors (Lipinski definition) is 2. The van der Waals surface area contributed by atoms with Gasteiger partial charge in [-0.05, 0) is 62.7 Å². The van der Waals surface area contributed by atoms with Crippen molar-refractivity contribution in [2.45, 2.75) is 32.4 Å². The Kier molecular flexibility index (Phi) is 9.63. The average Bonchev–Trinajstić information content (AvgIpc) is 3.40. The first-order valence-electron chi connectivity index (χ1n) is 9.72. The van der Waals surface area contributed by atoms with Crippen molar-refractivity contribution in [2.24, 2.45) is 4.99 Å². The lowest BCUT2D eigenvalue weighted by Crippen LogP contribution is -2.42. The van der Waals surface area contributed by atoms with Gasteiger partial charge in [-0.2, -0.15) is 0 Å². The summed E-state index contributed by atoms with van der Waals surface area (Å²) in [6, 6.07) is 12.5. The van der Waals surface area contributed by atoms with Crippen LogP contribution in [-0.4, -0.2) is 44.1 Å². The molecule has 1 aliphatic rings. The number of guanidine groups is 1. The highest BCUT2D eigenvalue weighted by molar-refractivity contribution is 14.0. The number of halogens is 1. The SMILES string of the molecule is CCNC(=NCc1ccco1)NCC(c1cccc(OC)c1)N1CCCC1.I. The van der Waals surface area contributed by atoms with Crippen molar-refractivity contribution in [1.29, 1.82) is 0 Å². The van der Waals surface area contributed by atoms with Crippen molar-refractivity contribution in [3.8, 4) is 5.75 Å². The van der Waals surface area contributed by atoms with E-state index in [9.17, 15) is 0 Å². The van der Waals surface area contributed by atoms with Gasteiger partial charge in [-0.25, -0.2) is 4.99 Å². The maximum Gasteiger partial charge on any atom is 0.191 e. The van der Waals surface area contributed by atoms with Gasteiger partial charge in [-0.15, -0.1) is 24.0 Å². The van der Waals surface area contributed by atoms with Crippen LogP contribution in [0.1, 0.15) is 37.1 Å². The quantitative estimate of drug-likeness (QED) is 0.330. The lowest BCUT2D eigenvalue weighted by molar-refractivity contribution is 0.245. The third-order valence-electron chi connectivity index (χ3n) is 4.84. The standard InChI is InChI=1S/C21H30N4O2.HI/c1-3-22-21(23-15-19-10-7-13-27-19)24-16-20(25-11-4-5-12-25)17-8-6-9-18(14-17)26-2;/h6-10,13-14,20H,3-5,11-12,15-16H2,1-2H3,(H2,22,23,24);1H. The van der Waals surface area contributed by atoms with Gasteiger partial charge in [0.1, 0.15) is 18.1 Å². The van der Waals surface area contributed by atoms with Crippen molar-refractivity contribution < 1.29 is 9.15 Å². The highest BCUT2D eigenvalue weighted by atomic mass is 127. The summed E-state index contributed by atoms with van der Waals surface area (Å²) in [7, 11) is 1.72. The molecule has 1 saturated heterocycles. The van der Waals surface area contributed by atoms with Crippen LogP contribution in [0.2, 0.25) is 0 Å². The van der Waals surface area contributed by atoms with Gasteiger partial charge in [0.05, 0.1) is 19.4 Å². The van der Waals surface area contributed by atoms with Crippen molar-refractivity contribution in [1.82, 2.24) is 15.5 Å². The molecule has 28 heavy (non-hydrogen) atoms. The van der Waals surface area contributed by atoms with Crippen molar-refractivity contribution in [3.63, 3.8) is 0 Å². The van der Waals surface area contributed by atoms with E-state index in [-0.39, 0.29) is 30.0 Å². The van der Waals surface area contributed by atoms with Crippen LogP contribution in [0.5, 0.6) is 5.75 Å². The molecule has 0 aliphatic carbocycles. The largest absolute Gasteiger partial charge is 0.497 e. The second-order valence-corrected chi connectivity index (χ2v) is 6.69. The van der Waals surface area contributed by atoms with Gasteiger partial charge in [-0.1, -0.05) is 12.1 Å². The zero-order valence-electron chi connectivity index (χ0n) is 16.7. The first kappa shape index (κ1) is 22.5. The highest BCUT2D eigenvalue weighted by Crippen LogP contribution is 2.27. The molecule has 1 aliphatic heterocycles. The number of methoxy groups -OCH3 is 1. The molecule has 0 spiro atoms. The topological polar surface area (TPSA) is 62.0 Å². The number of ether oxygens (including phenoxy) is 1. The Morgan fingerprint density at radius 1 is 1.21 bits per heavy atom. The van der Waals surface area contributed by atoms with Gasteiger partial charge in [0, 0.05) is 13.1 Å². The van der Waals surface area contributed by atoms with Crippen molar-refractivity contribution in [3.05, 3.63) is 54.0 Å². The molecular formula is C21H31IN4O2. The Hall–Kier alpha value is -1.74. The normalized spacial score (nSPS) is 15.7. The van der Waals surface area contributed by atoms with E-state index < -0.39 is 0 Å². The monoisotopic (exact) mass is 498 g/mol. The Labute approximate surface area is 184 Å². The van der Waals surface area contributed by atoms with E-state index in [1.54, 1.807) is 13.4 Å². The predicted octanol–water partition coefficient (Wildman–Crippen LogP) is 3.80. The molecule has 1 fully saturated rings. The Balaban J connectivity index is 0.00000280. The number of hydrogen-bond acceptors (Lipinski definition) is 4.